The number of carbonyl (C=O) groups is 2. The van der Waals surface area contributed by atoms with Crippen LogP contribution >= 0.6 is 0 Å². The van der Waals surface area contributed by atoms with Crippen molar-refractivity contribution >= 4 is 28.9 Å². The highest BCUT2D eigenvalue weighted by Gasteiger charge is 2.44. The molecule has 3 heterocycles. The standard InChI is InChI=1S/C15H19N5O7.C2H6/c1-25-8(21)2-3-9(22)26-4-7-11(23)12(24)15(27-7)20-6-19-10-13(16)17-5-18-14(10)20;1-2/h5-7,11-12,15,23-24H,2-4H2,1H3,(H2,16,17,18);1-2H3. The zero-order chi connectivity index (χ0) is 21.6. The number of hydrogen-bond acceptors (Lipinski definition) is 11. The van der Waals surface area contributed by atoms with Crippen molar-refractivity contribution in [3.05, 3.63) is 12.7 Å². The number of nitrogens with zero attached hydrogens (tertiary/aromatic N) is 4. The molecule has 0 aliphatic carbocycles. The van der Waals surface area contributed by atoms with Crippen LogP contribution in [0.2, 0.25) is 0 Å². The second kappa shape index (κ2) is 10.1. The van der Waals surface area contributed by atoms with E-state index >= 15 is 0 Å². The fourth-order valence-corrected chi connectivity index (χ4v) is 2.71. The minimum absolute atomic E-state index is 0.114. The van der Waals surface area contributed by atoms with Gasteiger partial charge in [0.2, 0.25) is 0 Å². The summed E-state index contributed by atoms with van der Waals surface area (Å²) < 4.78 is 16.5. The lowest BCUT2D eigenvalue weighted by Gasteiger charge is -2.16. The molecular formula is C17H25N5O7. The van der Waals surface area contributed by atoms with Crippen LogP contribution in [0.4, 0.5) is 5.82 Å². The summed E-state index contributed by atoms with van der Waals surface area (Å²) in [6.07, 6.45) is -2.25. The largest absolute Gasteiger partial charge is 0.469 e. The van der Waals surface area contributed by atoms with Gasteiger partial charge in [-0.3, -0.25) is 14.2 Å². The number of hydrogen-bond donors (Lipinski definition) is 3. The summed E-state index contributed by atoms with van der Waals surface area (Å²) in [7, 11) is 1.22. The zero-order valence-corrected chi connectivity index (χ0v) is 16.4. The van der Waals surface area contributed by atoms with Crippen LogP contribution in [0.5, 0.6) is 0 Å². The van der Waals surface area contributed by atoms with Crippen molar-refractivity contribution in [2.24, 2.45) is 0 Å². The first-order chi connectivity index (χ1) is 13.9. The molecule has 3 rings (SSSR count). The highest BCUT2D eigenvalue weighted by Crippen LogP contribution is 2.32. The fraction of sp³-hybridized carbons (Fsp3) is 0.588. The molecule has 2 aromatic rings. The van der Waals surface area contributed by atoms with Gasteiger partial charge in [-0.1, -0.05) is 13.8 Å². The maximum absolute atomic E-state index is 11.7. The van der Waals surface area contributed by atoms with Crippen molar-refractivity contribution in [1.82, 2.24) is 19.5 Å². The number of esters is 2. The van der Waals surface area contributed by atoms with Crippen molar-refractivity contribution in [3.8, 4) is 0 Å². The van der Waals surface area contributed by atoms with Crippen molar-refractivity contribution in [2.75, 3.05) is 19.5 Å². The summed E-state index contributed by atoms with van der Waals surface area (Å²) in [5.74, 6) is -1.02. The van der Waals surface area contributed by atoms with Gasteiger partial charge in [0.15, 0.2) is 17.7 Å². The molecule has 0 bridgehead atoms. The van der Waals surface area contributed by atoms with Gasteiger partial charge in [-0.25, -0.2) is 15.0 Å². The first-order valence-corrected chi connectivity index (χ1v) is 9.09. The van der Waals surface area contributed by atoms with Gasteiger partial charge in [0.05, 0.1) is 26.3 Å². The third-order valence-electron chi connectivity index (χ3n) is 4.17. The fourth-order valence-electron chi connectivity index (χ4n) is 2.71. The molecule has 12 heteroatoms. The average Bonchev–Trinajstić information content (AvgIpc) is 3.28. The number of anilines is 1. The molecule has 1 saturated heterocycles. The Balaban J connectivity index is 0.00000145. The predicted octanol–water partition coefficient (Wildman–Crippen LogP) is -0.450. The predicted molar refractivity (Wildman–Crippen MR) is 99.2 cm³/mol. The van der Waals surface area contributed by atoms with Gasteiger partial charge >= 0.3 is 11.9 Å². The van der Waals surface area contributed by atoms with Gasteiger partial charge in [-0.15, -0.1) is 0 Å². The van der Waals surface area contributed by atoms with E-state index in [0.717, 1.165) is 0 Å². The Bertz CT molecular complexity index is 843. The van der Waals surface area contributed by atoms with E-state index < -0.39 is 36.5 Å². The summed E-state index contributed by atoms with van der Waals surface area (Å²) in [5.41, 5.74) is 6.39. The summed E-state index contributed by atoms with van der Waals surface area (Å²) in [6.45, 7) is 3.71. The number of ether oxygens (including phenoxy) is 3. The van der Waals surface area contributed by atoms with Crippen LogP contribution in [0.1, 0.15) is 32.9 Å². The summed E-state index contributed by atoms with van der Waals surface area (Å²) in [6, 6.07) is 0. The van der Waals surface area contributed by atoms with Crippen molar-refractivity contribution in [3.63, 3.8) is 0 Å². The third kappa shape index (κ3) is 4.96. The minimum atomic E-state index is -1.31. The van der Waals surface area contributed by atoms with Crippen molar-refractivity contribution in [1.29, 1.82) is 0 Å². The summed E-state index contributed by atoms with van der Waals surface area (Å²) >= 11 is 0. The Morgan fingerprint density at radius 2 is 1.86 bits per heavy atom. The van der Waals surface area contributed by atoms with Crippen LogP contribution in [0.25, 0.3) is 11.2 Å². The normalized spacial score (nSPS) is 23.3. The average molecular weight is 411 g/mol. The molecule has 1 aliphatic rings. The topological polar surface area (TPSA) is 172 Å². The van der Waals surface area contributed by atoms with E-state index in [9.17, 15) is 19.8 Å². The summed E-state index contributed by atoms with van der Waals surface area (Å²) in [4.78, 5) is 34.6. The van der Waals surface area contributed by atoms with E-state index in [0.29, 0.717) is 11.2 Å². The second-order valence-electron chi connectivity index (χ2n) is 5.89. The van der Waals surface area contributed by atoms with Crippen LogP contribution in [0.15, 0.2) is 12.7 Å². The number of aromatic nitrogens is 4. The molecule has 4 N–H and O–H groups in total. The van der Waals surface area contributed by atoms with E-state index in [1.54, 1.807) is 0 Å². The number of nitrogens with two attached hydrogens (primary N) is 1. The van der Waals surface area contributed by atoms with E-state index in [1.807, 2.05) is 13.8 Å². The van der Waals surface area contributed by atoms with Gasteiger partial charge in [-0.05, 0) is 0 Å². The number of carbonyl (C=O) groups excluding carboxylic acids is 2. The molecule has 2 aromatic heterocycles. The maximum Gasteiger partial charge on any atom is 0.306 e. The van der Waals surface area contributed by atoms with Crippen molar-refractivity contribution in [2.45, 2.75) is 51.2 Å². The van der Waals surface area contributed by atoms with E-state index in [-0.39, 0.29) is 25.3 Å². The molecule has 12 nitrogen and oxygen atoms in total. The number of aliphatic hydroxyl groups excluding tert-OH is 2. The highest BCUT2D eigenvalue weighted by atomic mass is 16.6. The van der Waals surface area contributed by atoms with Crippen LogP contribution in [0, 0.1) is 0 Å². The molecule has 1 fully saturated rings. The van der Waals surface area contributed by atoms with E-state index in [1.165, 1.54) is 24.3 Å². The monoisotopic (exact) mass is 411 g/mol. The molecule has 0 aromatic carbocycles. The second-order valence-corrected chi connectivity index (χ2v) is 5.89. The van der Waals surface area contributed by atoms with E-state index in [4.69, 9.17) is 15.2 Å². The van der Waals surface area contributed by atoms with Gasteiger partial charge in [0.25, 0.3) is 0 Å². The Hall–Kier alpha value is -2.83. The molecule has 4 unspecified atom stereocenters. The van der Waals surface area contributed by atoms with E-state index in [2.05, 4.69) is 19.7 Å². The van der Waals surface area contributed by atoms with Crippen molar-refractivity contribution < 1.29 is 34.0 Å². The van der Waals surface area contributed by atoms with Crippen LogP contribution < -0.4 is 5.73 Å². The molecule has 29 heavy (non-hydrogen) atoms. The Morgan fingerprint density at radius 3 is 2.55 bits per heavy atom. The number of imidazole rings is 1. The lowest BCUT2D eigenvalue weighted by Crippen LogP contribution is -2.34. The molecular weight excluding hydrogens is 386 g/mol. The van der Waals surface area contributed by atoms with Gasteiger partial charge < -0.3 is 30.2 Å². The maximum atomic E-state index is 11.7. The van der Waals surface area contributed by atoms with Gasteiger partial charge in [-0.2, -0.15) is 0 Å². The molecule has 160 valence electrons. The Morgan fingerprint density at radius 1 is 1.17 bits per heavy atom. The Kier molecular flexibility index (Phi) is 7.82. The van der Waals surface area contributed by atoms with Gasteiger partial charge in [0, 0.05) is 0 Å². The molecule has 0 amide bonds. The lowest BCUT2D eigenvalue weighted by molar-refractivity contribution is -0.153. The number of nitrogen functional groups attached to an aromatic ring is 1. The molecule has 0 spiro atoms. The minimum Gasteiger partial charge on any atom is -0.469 e. The molecule has 1 aliphatic heterocycles. The zero-order valence-electron chi connectivity index (χ0n) is 16.4. The molecule has 0 radical (unpaired) electrons. The smallest absolute Gasteiger partial charge is 0.306 e. The first-order valence-electron chi connectivity index (χ1n) is 9.09. The van der Waals surface area contributed by atoms with Gasteiger partial charge in [0.1, 0.15) is 36.8 Å². The molecule has 0 saturated carbocycles. The number of rotatable bonds is 6. The SMILES string of the molecule is CC.COC(=O)CCC(=O)OCC1OC(n2cnc3c(N)ncnc32)C(O)C1O. The number of aliphatic hydroxyl groups is 2. The summed E-state index contributed by atoms with van der Waals surface area (Å²) in [5, 5.41) is 20.5. The van der Waals surface area contributed by atoms with Crippen LogP contribution in [-0.2, 0) is 23.8 Å². The quantitative estimate of drug-likeness (QED) is 0.526. The Labute approximate surface area is 166 Å². The molecule has 4 atom stereocenters. The highest BCUT2D eigenvalue weighted by molar-refractivity contribution is 5.81. The number of methoxy groups -OCH3 is 1. The number of fused-ring (bicyclic) bond motifs is 1. The lowest BCUT2D eigenvalue weighted by atomic mass is 10.1. The van der Waals surface area contributed by atoms with Crippen LogP contribution in [-0.4, -0.2) is 73.7 Å². The third-order valence-corrected chi connectivity index (χ3v) is 4.17. The first kappa shape index (κ1) is 22.5. The van der Waals surface area contributed by atoms with Crippen LogP contribution in [0.3, 0.4) is 0 Å².